The van der Waals surface area contributed by atoms with Gasteiger partial charge in [-0.25, -0.2) is 4.79 Å². The Morgan fingerprint density at radius 2 is 1.67 bits per heavy atom. The van der Waals surface area contributed by atoms with E-state index in [2.05, 4.69) is 0 Å². The average molecular weight is 299 g/mol. The maximum absolute atomic E-state index is 12.0. The highest BCUT2D eigenvalue weighted by molar-refractivity contribution is 5.73. The Kier molecular flexibility index (Phi) is 5.65. The third-order valence-electron chi connectivity index (χ3n) is 4.02. The van der Waals surface area contributed by atoms with Gasteiger partial charge in [-0.15, -0.1) is 0 Å². The maximum atomic E-state index is 12.0. The molecular formula is C16H29NO4. The van der Waals surface area contributed by atoms with Crippen molar-refractivity contribution in [1.82, 2.24) is 4.90 Å². The Labute approximate surface area is 127 Å². The normalized spacial score (nSPS) is 17.7. The number of ether oxygens (including phenoxy) is 1. The first-order chi connectivity index (χ1) is 9.51. The number of hydrogen-bond acceptors (Lipinski definition) is 3. The number of carboxylic acid groups (broad SMARTS) is 1. The Hall–Kier alpha value is -1.26. The zero-order valence-electron chi connectivity index (χ0n) is 13.9. The predicted octanol–water partition coefficient (Wildman–Crippen LogP) is 3.52. The fourth-order valence-electron chi connectivity index (χ4n) is 2.40. The summed E-state index contributed by atoms with van der Waals surface area (Å²) in [4.78, 5) is 24.8. The zero-order valence-corrected chi connectivity index (χ0v) is 13.9. The van der Waals surface area contributed by atoms with E-state index in [1.807, 2.05) is 20.8 Å². The summed E-state index contributed by atoms with van der Waals surface area (Å²) in [5, 5.41) is 9.12. The van der Waals surface area contributed by atoms with E-state index in [0.29, 0.717) is 25.4 Å². The molecule has 1 heterocycles. The van der Waals surface area contributed by atoms with Crippen LogP contribution in [0.5, 0.6) is 0 Å². The lowest BCUT2D eigenvalue weighted by Crippen LogP contribution is -2.41. The number of carbonyl (C=O) groups is 2. The van der Waals surface area contributed by atoms with Gasteiger partial charge in [0.2, 0.25) is 0 Å². The molecule has 1 aliphatic rings. The minimum absolute atomic E-state index is 0.244. The van der Waals surface area contributed by atoms with Crippen LogP contribution in [0.3, 0.4) is 0 Å². The molecule has 0 aromatic heterocycles. The van der Waals surface area contributed by atoms with Crippen LogP contribution in [0.2, 0.25) is 0 Å². The summed E-state index contributed by atoms with van der Waals surface area (Å²) >= 11 is 0. The summed E-state index contributed by atoms with van der Waals surface area (Å²) in [5.74, 6) is -0.240. The molecule has 0 radical (unpaired) electrons. The van der Waals surface area contributed by atoms with Crippen molar-refractivity contribution >= 4 is 12.1 Å². The second kappa shape index (κ2) is 6.67. The number of carbonyl (C=O) groups excluding carboxylic acids is 1. The molecule has 5 nitrogen and oxygen atoms in total. The highest BCUT2D eigenvalue weighted by Gasteiger charge is 2.30. The molecule has 0 aromatic rings. The molecule has 1 rings (SSSR count). The number of aliphatic carboxylic acids is 1. The number of amides is 1. The van der Waals surface area contributed by atoms with E-state index >= 15 is 0 Å². The van der Waals surface area contributed by atoms with Gasteiger partial charge in [-0.1, -0.05) is 0 Å². The minimum Gasteiger partial charge on any atom is -0.481 e. The van der Waals surface area contributed by atoms with Gasteiger partial charge < -0.3 is 14.7 Å². The van der Waals surface area contributed by atoms with E-state index in [1.165, 1.54) is 0 Å². The number of hydrogen-bond donors (Lipinski definition) is 1. The number of likely N-dealkylation sites (tertiary alicyclic amines) is 1. The molecule has 21 heavy (non-hydrogen) atoms. The fraction of sp³-hybridized carbons (Fsp3) is 0.875. The van der Waals surface area contributed by atoms with Crippen LogP contribution in [0.4, 0.5) is 4.79 Å². The molecule has 5 heteroatoms. The van der Waals surface area contributed by atoms with Gasteiger partial charge in [0, 0.05) is 13.1 Å². The molecule has 122 valence electrons. The van der Waals surface area contributed by atoms with E-state index in [4.69, 9.17) is 9.84 Å². The van der Waals surface area contributed by atoms with Crippen LogP contribution in [-0.2, 0) is 9.53 Å². The van der Waals surface area contributed by atoms with Crippen molar-refractivity contribution in [3.8, 4) is 0 Å². The predicted molar refractivity (Wildman–Crippen MR) is 81.2 cm³/mol. The molecule has 0 aliphatic carbocycles. The number of rotatable bonds is 4. The molecule has 0 bridgehead atoms. The lowest BCUT2D eigenvalue weighted by Gasteiger charge is -2.34. The summed E-state index contributed by atoms with van der Waals surface area (Å²) < 4.78 is 5.37. The van der Waals surface area contributed by atoms with Gasteiger partial charge >= 0.3 is 12.1 Å². The molecule has 1 aliphatic heterocycles. The van der Waals surface area contributed by atoms with Crippen LogP contribution in [-0.4, -0.2) is 40.8 Å². The molecule has 1 amide bonds. The Morgan fingerprint density at radius 3 is 2.10 bits per heavy atom. The van der Waals surface area contributed by atoms with E-state index in [1.54, 1.807) is 18.7 Å². The third kappa shape index (κ3) is 5.94. The first-order valence-corrected chi connectivity index (χ1v) is 7.72. The van der Waals surface area contributed by atoms with Crippen molar-refractivity contribution in [3.63, 3.8) is 0 Å². The van der Waals surface area contributed by atoms with Crippen molar-refractivity contribution in [2.45, 2.75) is 65.9 Å². The highest BCUT2D eigenvalue weighted by Crippen LogP contribution is 2.30. The first kappa shape index (κ1) is 17.8. The van der Waals surface area contributed by atoms with E-state index in [-0.39, 0.29) is 6.09 Å². The van der Waals surface area contributed by atoms with Gasteiger partial charge in [0.1, 0.15) is 5.60 Å². The number of piperidine rings is 1. The number of carboxylic acids is 1. The van der Waals surface area contributed by atoms with Crippen LogP contribution in [0, 0.1) is 11.3 Å². The standard InChI is InChI=1S/C16H29NO4/c1-15(2,3)21-14(20)17-10-7-12(8-11-17)6-9-16(4,5)13(18)19/h12H,6-11H2,1-5H3,(H,18,19). The summed E-state index contributed by atoms with van der Waals surface area (Å²) in [7, 11) is 0. The Balaban J connectivity index is 2.36. The van der Waals surface area contributed by atoms with E-state index in [0.717, 1.165) is 19.3 Å². The van der Waals surface area contributed by atoms with Crippen molar-refractivity contribution in [2.24, 2.45) is 11.3 Å². The van der Waals surface area contributed by atoms with E-state index in [9.17, 15) is 9.59 Å². The lowest BCUT2D eigenvalue weighted by atomic mass is 9.82. The quantitative estimate of drug-likeness (QED) is 0.862. The van der Waals surface area contributed by atoms with Gasteiger partial charge in [-0.2, -0.15) is 0 Å². The molecule has 1 N–H and O–H groups in total. The van der Waals surface area contributed by atoms with E-state index < -0.39 is 17.0 Å². The largest absolute Gasteiger partial charge is 0.481 e. The van der Waals surface area contributed by atoms with Crippen molar-refractivity contribution < 1.29 is 19.4 Å². The van der Waals surface area contributed by atoms with Crippen LogP contribution < -0.4 is 0 Å². The fourth-order valence-corrected chi connectivity index (χ4v) is 2.40. The van der Waals surface area contributed by atoms with Crippen LogP contribution in [0.15, 0.2) is 0 Å². The molecule has 1 fully saturated rings. The molecule has 0 atom stereocenters. The second-order valence-electron chi connectivity index (χ2n) is 7.64. The van der Waals surface area contributed by atoms with Crippen LogP contribution in [0.1, 0.15) is 60.3 Å². The van der Waals surface area contributed by atoms with Crippen molar-refractivity contribution in [1.29, 1.82) is 0 Å². The van der Waals surface area contributed by atoms with Crippen LogP contribution in [0.25, 0.3) is 0 Å². The van der Waals surface area contributed by atoms with Gasteiger partial charge in [-0.05, 0) is 66.2 Å². The maximum Gasteiger partial charge on any atom is 0.410 e. The summed E-state index contributed by atoms with van der Waals surface area (Å²) in [6.45, 7) is 10.5. The van der Waals surface area contributed by atoms with Crippen molar-refractivity contribution in [2.75, 3.05) is 13.1 Å². The first-order valence-electron chi connectivity index (χ1n) is 7.72. The monoisotopic (exact) mass is 299 g/mol. The SMILES string of the molecule is CC(C)(C)OC(=O)N1CCC(CCC(C)(C)C(=O)O)CC1. The van der Waals surface area contributed by atoms with Gasteiger partial charge in [-0.3, -0.25) is 4.79 Å². The molecule has 0 aromatic carbocycles. The highest BCUT2D eigenvalue weighted by atomic mass is 16.6. The molecule has 0 saturated carbocycles. The number of nitrogens with zero attached hydrogens (tertiary/aromatic N) is 1. The third-order valence-corrected chi connectivity index (χ3v) is 4.02. The zero-order chi connectivity index (χ0) is 16.3. The summed E-state index contributed by atoms with van der Waals surface area (Å²) in [5.41, 5.74) is -1.12. The summed E-state index contributed by atoms with van der Waals surface area (Å²) in [6, 6.07) is 0. The molecule has 0 unspecified atom stereocenters. The smallest absolute Gasteiger partial charge is 0.410 e. The minimum atomic E-state index is -0.742. The topological polar surface area (TPSA) is 66.8 Å². The van der Waals surface area contributed by atoms with Gasteiger partial charge in [0.05, 0.1) is 5.41 Å². The van der Waals surface area contributed by atoms with Gasteiger partial charge in [0.15, 0.2) is 0 Å². The molecule has 1 saturated heterocycles. The Morgan fingerprint density at radius 1 is 1.14 bits per heavy atom. The lowest BCUT2D eigenvalue weighted by molar-refractivity contribution is -0.147. The second-order valence-corrected chi connectivity index (χ2v) is 7.64. The Bertz CT molecular complexity index is 376. The van der Waals surface area contributed by atoms with Crippen molar-refractivity contribution in [3.05, 3.63) is 0 Å². The average Bonchev–Trinajstić information content (AvgIpc) is 2.35. The molecular weight excluding hydrogens is 270 g/mol. The van der Waals surface area contributed by atoms with Gasteiger partial charge in [0.25, 0.3) is 0 Å². The van der Waals surface area contributed by atoms with Crippen LogP contribution >= 0.6 is 0 Å². The summed E-state index contributed by atoms with van der Waals surface area (Å²) in [6.07, 6.45) is 3.19. The molecule has 0 spiro atoms.